The van der Waals surface area contributed by atoms with Crippen molar-refractivity contribution in [3.8, 4) is 11.3 Å². The number of fused-ring (bicyclic) bond motifs is 4. The van der Waals surface area contributed by atoms with Crippen molar-refractivity contribution >= 4 is 11.8 Å². The maximum atomic E-state index is 14.1. The highest BCUT2D eigenvalue weighted by Crippen LogP contribution is 2.48. The second-order valence-corrected chi connectivity index (χ2v) is 10.4. The molecular weight excluding hydrogens is 412 g/mol. The Kier molecular flexibility index (Phi) is 5.81. The predicted molar refractivity (Wildman–Crippen MR) is 133 cm³/mol. The van der Waals surface area contributed by atoms with E-state index in [1.807, 2.05) is 17.6 Å². The fourth-order valence-corrected chi connectivity index (χ4v) is 6.41. The maximum Gasteiger partial charge on any atom is 0.258 e. The van der Waals surface area contributed by atoms with Crippen LogP contribution in [0.5, 0.6) is 0 Å². The average molecular weight is 443 g/mol. The second-order valence-electron chi connectivity index (χ2n) is 9.42. The third-order valence-electron chi connectivity index (χ3n) is 6.92. The van der Waals surface area contributed by atoms with Gasteiger partial charge in [0, 0.05) is 23.3 Å². The summed E-state index contributed by atoms with van der Waals surface area (Å²) in [5.74, 6) is 0.787. The van der Waals surface area contributed by atoms with E-state index < -0.39 is 0 Å². The molecule has 0 unspecified atom stereocenters. The first kappa shape index (κ1) is 21.3. The third-order valence-corrected chi connectivity index (χ3v) is 7.96. The number of benzene rings is 2. The van der Waals surface area contributed by atoms with Crippen LogP contribution in [0.3, 0.4) is 0 Å². The number of thioether (sulfide) groups is 1. The molecule has 32 heavy (non-hydrogen) atoms. The van der Waals surface area contributed by atoms with Gasteiger partial charge in [-0.15, -0.1) is 0 Å². The standard InChI is InChI=1S/C28H30N2OS/c1-20(2)18-30-26(31)24-25(29-27(30)32-19-21-11-5-3-6-12-21)23-14-8-7-13-22(23)17-28(24)15-9-4-10-16-28/h3,5-8,11-14H,1,4,9-10,15-19H2,2H3. The molecule has 164 valence electrons. The van der Waals surface area contributed by atoms with Gasteiger partial charge in [0.05, 0.1) is 11.3 Å². The molecule has 3 aromatic rings. The van der Waals surface area contributed by atoms with E-state index in [1.54, 1.807) is 11.8 Å². The molecule has 2 aliphatic carbocycles. The average Bonchev–Trinajstić information content (AvgIpc) is 2.80. The Morgan fingerprint density at radius 3 is 2.53 bits per heavy atom. The molecular formula is C28H30N2OS. The molecule has 1 fully saturated rings. The van der Waals surface area contributed by atoms with Gasteiger partial charge in [0.25, 0.3) is 5.56 Å². The van der Waals surface area contributed by atoms with Crippen molar-refractivity contribution in [3.05, 3.63) is 93.8 Å². The summed E-state index contributed by atoms with van der Waals surface area (Å²) in [6.07, 6.45) is 6.75. The highest BCUT2D eigenvalue weighted by Gasteiger charge is 2.43. The molecule has 5 rings (SSSR count). The van der Waals surface area contributed by atoms with Crippen LogP contribution in [0.1, 0.15) is 55.7 Å². The van der Waals surface area contributed by atoms with Crippen LogP contribution in [0.4, 0.5) is 0 Å². The highest BCUT2D eigenvalue weighted by molar-refractivity contribution is 7.98. The van der Waals surface area contributed by atoms with Crippen molar-refractivity contribution in [3.63, 3.8) is 0 Å². The summed E-state index contributed by atoms with van der Waals surface area (Å²) < 4.78 is 1.89. The maximum absolute atomic E-state index is 14.1. The predicted octanol–water partition coefficient (Wildman–Crippen LogP) is 6.54. The Morgan fingerprint density at radius 1 is 1.06 bits per heavy atom. The summed E-state index contributed by atoms with van der Waals surface area (Å²) in [5, 5.41) is 0.795. The molecule has 1 spiro atoms. The van der Waals surface area contributed by atoms with Gasteiger partial charge in [0.2, 0.25) is 0 Å². The van der Waals surface area contributed by atoms with Crippen LogP contribution >= 0.6 is 11.8 Å². The molecule has 2 aromatic carbocycles. The zero-order chi connectivity index (χ0) is 22.1. The molecule has 0 radical (unpaired) electrons. The zero-order valence-corrected chi connectivity index (χ0v) is 19.6. The van der Waals surface area contributed by atoms with Gasteiger partial charge in [-0.05, 0) is 37.3 Å². The Labute approximate surface area is 194 Å². The SMILES string of the molecule is C=C(C)Cn1c(SCc2ccccc2)nc2c(c1=O)C1(CCCCC1)Cc1ccccc1-2. The summed E-state index contributed by atoms with van der Waals surface area (Å²) >= 11 is 1.65. The number of nitrogens with zero attached hydrogens (tertiary/aromatic N) is 2. The van der Waals surface area contributed by atoms with Crippen LogP contribution in [-0.2, 0) is 24.1 Å². The summed E-state index contributed by atoms with van der Waals surface area (Å²) in [7, 11) is 0. The van der Waals surface area contributed by atoms with E-state index in [1.165, 1.54) is 30.4 Å². The van der Waals surface area contributed by atoms with Gasteiger partial charge in [0.15, 0.2) is 5.16 Å². The molecule has 0 aliphatic heterocycles. The van der Waals surface area contributed by atoms with Crippen LogP contribution in [0.15, 0.2) is 76.7 Å². The molecule has 3 nitrogen and oxygen atoms in total. The number of hydrogen-bond donors (Lipinski definition) is 0. The van der Waals surface area contributed by atoms with E-state index in [2.05, 4.69) is 55.1 Å². The van der Waals surface area contributed by atoms with Crippen LogP contribution in [0.25, 0.3) is 11.3 Å². The normalized spacial score (nSPS) is 16.4. The van der Waals surface area contributed by atoms with Crippen LogP contribution in [-0.4, -0.2) is 9.55 Å². The van der Waals surface area contributed by atoms with Crippen LogP contribution in [0, 0.1) is 0 Å². The van der Waals surface area contributed by atoms with Gasteiger partial charge in [-0.3, -0.25) is 9.36 Å². The van der Waals surface area contributed by atoms with E-state index >= 15 is 0 Å². The first-order valence-corrected chi connectivity index (χ1v) is 12.6. The first-order chi connectivity index (χ1) is 15.6. The number of aromatic nitrogens is 2. The molecule has 0 saturated heterocycles. The zero-order valence-electron chi connectivity index (χ0n) is 18.8. The Bertz CT molecular complexity index is 1210. The Morgan fingerprint density at radius 2 is 1.78 bits per heavy atom. The molecule has 0 atom stereocenters. The van der Waals surface area contributed by atoms with Crippen molar-refractivity contribution in [1.82, 2.24) is 9.55 Å². The summed E-state index contributed by atoms with van der Waals surface area (Å²) in [5.41, 5.74) is 6.63. The van der Waals surface area contributed by atoms with E-state index in [-0.39, 0.29) is 11.0 Å². The molecule has 4 heteroatoms. The van der Waals surface area contributed by atoms with Crippen molar-refractivity contribution in [2.45, 2.75) is 68.3 Å². The van der Waals surface area contributed by atoms with E-state index in [4.69, 9.17) is 4.98 Å². The van der Waals surface area contributed by atoms with Gasteiger partial charge in [-0.1, -0.05) is 97.8 Å². The van der Waals surface area contributed by atoms with Gasteiger partial charge in [-0.2, -0.15) is 0 Å². The smallest absolute Gasteiger partial charge is 0.258 e. The molecule has 2 aliphatic rings. The van der Waals surface area contributed by atoms with E-state index in [9.17, 15) is 4.79 Å². The number of allylic oxidation sites excluding steroid dienone is 1. The fourth-order valence-electron chi connectivity index (χ4n) is 5.46. The minimum absolute atomic E-state index is 0.0779. The fraction of sp³-hybridized carbons (Fsp3) is 0.357. The molecule has 0 bridgehead atoms. The monoisotopic (exact) mass is 442 g/mol. The van der Waals surface area contributed by atoms with E-state index in [0.29, 0.717) is 6.54 Å². The quantitative estimate of drug-likeness (QED) is 0.256. The first-order valence-electron chi connectivity index (χ1n) is 11.6. The van der Waals surface area contributed by atoms with E-state index in [0.717, 1.165) is 52.6 Å². The lowest BCUT2D eigenvalue weighted by atomic mass is 9.62. The minimum Gasteiger partial charge on any atom is -0.283 e. The van der Waals surface area contributed by atoms with Crippen LogP contribution in [0.2, 0.25) is 0 Å². The molecule has 0 N–H and O–H groups in total. The third kappa shape index (κ3) is 3.86. The van der Waals surface area contributed by atoms with Gasteiger partial charge in [-0.25, -0.2) is 4.98 Å². The minimum atomic E-state index is -0.0779. The Hall–Kier alpha value is -2.59. The second kappa shape index (κ2) is 8.74. The molecule has 0 amide bonds. The lowest BCUT2D eigenvalue weighted by Crippen LogP contribution is -2.43. The van der Waals surface area contributed by atoms with Gasteiger partial charge in [0.1, 0.15) is 0 Å². The summed E-state index contributed by atoms with van der Waals surface area (Å²) in [6, 6.07) is 19.0. The van der Waals surface area contributed by atoms with Crippen molar-refractivity contribution < 1.29 is 0 Å². The van der Waals surface area contributed by atoms with Crippen molar-refractivity contribution in [1.29, 1.82) is 0 Å². The molecule has 1 aromatic heterocycles. The van der Waals surface area contributed by atoms with Gasteiger partial charge >= 0.3 is 0 Å². The highest BCUT2D eigenvalue weighted by atomic mass is 32.2. The largest absolute Gasteiger partial charge is 0.283 e. The number of hydrogen-bond acceptors (Lipinski definition) is 3. The lowest BCUT2D eigenvalue weighted by molar-refractivity contribution is 0.282. The topological polar surface area (TPSA) is 34.9 Å². The number of rotatable bonds is 5. The molecule has 1 saturated carbocycles. The van der Waals surface area contributed by atoms with Gasteiger partial charge < -0.3 is 0 Å². The summed E-state index contributed by atoms with van der Waals surface area (Å²) in [6.45, 7) is 6.62. The van der Waals surface area contributed by atoms with Crippen LogP contribution < -0.4 is 5.56 Å². The Balaban J connectivity index is 1.69. The van der Waals surface area contributed by atoms with Crippen molar-refractivity contribution in [2.75, 3.05) is 0 Å². The summed E-state index contributed by atoms with van der Waals surface area (Å²) in [4.78, 5) is 19.4. The lowest BCUT2D eigenvalue weighted by Gasteiger charge is -2.42. The van der Waals surface area contributed by atoms with Crippen molar-refractivity contribution in [2.24, 2.45) is 0 Å². The molecule has 1 heterocycles.